The molecule has 1 unspecified atom stereocenters. The molecule has 3 rings (SSSR count). The Morgan fingerprint density at radius 2 is 2.05 bits per heavy atom. The molecule has 0 radical (unpaired) electrons. The van der Waals surface area contributed by atoms with E-state index in [1.807, 2.05) is 42.8 Å². The van der Waals surface area contributed by atoms with E-state index >= 15 is 0 Å². The normalized spacial score (nSPS) is 18.0. The van der Waals surface area contributed by atoms with Crippen LogP contribution in [0.5, 0.6) is 0 Å². The van der Waals surface area contributed by atoms with Gasteiger partial charge in [0.05, 0.1) is 23.0 Å². The second-order valence-electron chi connectivity index (χ2n) is 6.13. The van der Waals surface area contributed by atoms with Gasteiger partial charge in [0.1, 0.15) is 5.69 Å². The van der Waals surface area contributed by atoms with Crippen molar-refractivity contribution in [1.82, 2.24) is 20.3 Å². The van der Waals surface area contributed by atoms with E-state index in [-0.39, 0.29) is 6.04 Å². The summed E-state index contributed by atoms with van der Waals surface area (Å²) in [7, 11) is 0. The van der Waals surface area contributed by atoms with Crippen molar-refractivity contribution < 1.29 is 5.11 Å². The molecule has 2 aromatic rings. The second-order valence-corrected chi connectivity index (χ2v) is 6.57. The van der Waals surface area contributed by atoms with Gasteiger partial charge in [0, 0.05) is 11.6 Å². The predicted molar refractivity (Wildman–Crippen MR) is 86.3 cm³/mol. The van der Waals surface area contributed by atoms with Crippen molar-refractivity contribution in [3.63, 3.8) is 0 Å². The van der Waals surface area contributed by atoms with Gasteiger partial charge in [0.2, 0.25) is 0 Å². The Morgan fingerprint density at radius 1 is 1.36 bits per heavy atom. The number of benzene rings is 1. The molecule has 1 aliphatic rings. The number of nitrogens with zero attached hydrogens (tertiary/aromatic N) is 3. The lowest BCUT2D eigenvalue weighted by molar-refractivity contribution is -0.0330. The number of rotatable bonds is 5. The average molecular weight is 321 g/mol. The molecule has 0 spiro atoms. The highest BCUT2D eigenvalue weighted by Gasteiger charge is 2.34. The van der Waals surface area contributed by atoms with Crippen molar-refractivity contribution in [2.75, 3.05) is 6.54 Å². The molecule has 22 heavy (non-hydrogen) atoms. The first-order valence-electron chi connectivity index (χ1n) is 7.62. The fourth-order valence-corrected chi connectivity index (χ4v) is 2.90. The van der Waals surface area contributed by atoms with E-state index in [4.69, 9.17) is 11.6 Å². The van der Waals surface area contributed by atoms with Gasteiger partial charge < -0.3 is 10.4 Å². The van der Waals surface area contributed by atoms with Crippen LogP contribution in [0.3, 0.4) is 0 Å². The third-order valence-electron chi connectivity index (χ3n) is 4.43. The molecule has 0 saturated heterocycles. The SMILES string of the molecule is Cc1c(C(C)NCC2(O)CCC2)nnn1-c1ccc(Cl)cc1. The molecule has 1 heterocycles. The second kappa shape index (κ2) is 5.99. The molecule has 1 aromatic heterocycles. The van der Waals surface area contributed by atoms with Crippen LogP contribution in [-0.2, 0) is 0 Å². The Morgan fingerprint density at radius 3 is 2.64 bits per heavy atom. The monoisotopic (exact) mass is 320 g/mol. The molecular formula is C16H21ClN4O. The molecular weight excluding hydrogens is 300 g/mol. The molecule has 1 atom stereocenters. The van der Waals surface area contributed by atoms with Gasteiger partial charge in [-0.1, -0.05) is 16.8 Å². The van der Waals surface area contributed by atoms with E-state index in [0.717, 1.165) is 36.3 Å². The number of halogens is 1. The third kappa shape index (κ3) is 3.02. The lowest BCUT2D eigenvalue weighted by Crippen LogP contribution is -2.46. The highest BCUT2D eigenvalue weighted by atomic mass is 35.5. The van der Waals surface area contributed by atoms with Crippen LogP contribution < -0.4 is 5.32 Å². The van der Waals surface area contributed by atoms with Gasteiger partial charge in [-0.15, -0.1) is 5.10 Å². The van der Waals surface area contributed by atoms with Crippen molar-refractivity contribution in [1.29, 1.82) is 0 Å². The van der Waals surface area contributed by atoms with Crippen LogP contribution >= 0.6 is 11.6 Å². The molecule has 1 fully saturated rings. The van der Waals surface area contributed by atoms with E-state index in [0.29, 0.717) is 11.6 Å². The molecule has 6 heteroatoms. The molecule has 2 N–H and O–H groups in total. The topological polar surface area (TPSA) is 63.0 Å². The van der Waals surface area contributed by atoms with Crippen LogP contribution in [0.2, 0.25) is 5.02 Å². The standard InChI is InChI=1S/C16H21ClN4O/c1-11(18-10-16(22)8-3-9-16)15-12(2)21(20-19-15)14-6-4-13(17)5-7-14/h4-7,11,18,22H,3,8-10H2,1-2H3. The summed E-state index contributed by atoms with van der Waals surface area (Å²) in [5.41, 5.74) is 2.29. The fourth-order valence-electron chi connectivity index (χ4n) is 2.77. The van der Waals surface area contributed by atoms with E-state index in [9.17, 15) is 5.11 Å². The minimum absolute atomic E-state index is 0.0469. The summed E-state index contributed by atoms with van der Waals surface area (Å²) < 4.78 is 1.81. The molecule has 1 aliphatic carbocycles. The van der Waals surface area contributed by atoms with Gasteiger partial charge in [0.25, 0.3) is 0 Å². The Labute approximate surface area is 135 Å². The molecule has 5 nitrogen and oxygen atoms in total. The van der Waals surface area contributed by atoms with Gasteiger partial charge in [-0.3, -0.25) is 0 Å². The van der Waals surface area contributed by atoms with Crippen LogP contribution in [0.4, 0.5) is 0 Å². The highest BCUT2D eigenvalue weighted by Crippen LogP contribution is 2.31. The first kappa shape index (κ1) is 15.5. The zero-order valence-electron chi connectivity index (χ0n) is 12.9. The molecule has 0 amide bonds. The number of nitrogens with one attached hydrogen (secondary N) is 1. The number of hydrogen-bond acceptors (Lipinski definition) is 4. The maximum absolute atomic E-state index is 10.2. The number of hydrogen-bond donors (Lipinski definition) is 2. The Balaban J connectivity index is 1.73. The van der Waals surface area contributed by atoms with Crippen molar-refractivity contribution in [3.8, 4) is 5.69 Å². The highest BCUT2D eigenvalue weighted by molar-refractivity contribution is 6.30. The van der Waals surface area contributed by atoms with Crippen molar-refractivity contribution in [2.24, 2.45) is 0 Å². The lowest BCUT2D eigenvalue weighted by atomic mass is 9.80. The van der Waals surface area contributed by atoms with Gasteiger partial charge in [0.15, 0.2) is 0 Å². The van der Waals surface area contributed by atoms with Crippen LogP contribution in [0.1, 0.15) is 43.6 Å². The molecule has 1 saturated carbocycles. The van der Waals surface area contributed by atoms with Gasteiger partial charge in [-0.05, 0) is 57.4 Å². The number of aromatic nitrogens is 3. The summed E-state index contributed by atoms with van der Waals surface area (Å²) in [5.74, 6) is 0. The van der Waals surface area contributed by atoms with Crippen LogP contribution in [0, 0.1) is 6.92 Å². The van der Waals surface area contributed by atoms with Crippen LogP contribution in [0.25, 0.3) is 5.69 Å². The molecule has 0 aliphatic heterocycles. The molecule has 0 bridgehead atoms. The number of aliphatic hydroxyl groups is 1. The first-order chi connectivity index (χ1) is 10.5. The summed E-state index contributed by atoms with van der Waals surface area (Å²) in [4.78, 5) is 0. The van der Waals surface area contributed by atoms with Crippen molar-refractivity contribution in [3.05, 3.63) is 40.7 Å². The van der Waals surface area contributed by atoms with Crippen LogP contribution in [-0.4, -0.2) is 32.2 Å². The zero-order valence-corrected chi connectivity index (χ0v) is 13.6. The largest absolute Gasteiger partial charge is 0.389 e. The molecule has 1 aromatic carbocycles. The predicted octanol–water partition coefficient (Wildman–Crippen LogP) is 2.79. The molecule has 118 valence electrons. The minimum atomic E-state index is -0.533. The summed E-state index contributed by atoms with van der Waals surface area (Å²) in [6.07, 6.45) is 2.87. The Hall–Kier alpha value is -1.43. The Kier molecular flexibility index (Phi) is 4.21. The zero-order chi connectivity index (χ0) is 15.7. The van der Waals surface area contributed by atoms with E-state index < -0.39 is 5.60 Å². The fraction of sp³-hybridized carbons (Fsp3) is 0.500. The lowest BCUT2D eigenvalue weighted by Gasteiger charge is -2.37. The van der Waals surface area contributed by atoms with Crippen LogP contribution in [0.15, 0.2) is 24.3 Å². The first-order valence-corrected chi connectivity index (χ1v) is 8.00. The van der Waals surface area contributed by atoms with Gasteiger partial charge in [-0.25, -0.2) is 4.68 Å². The summed E-state index contributed by atoms with van der Waals surface area (Å²) in [6, 6.07) is 7.56. The van der Waals surface area contributed by atoms with Gasteiger partial charge in [-0.2, -0.15) is 0 Å². The van der Waals surface area contributed by atoms with Crippen molar-refractivity contribution >= 4 is 11.6 Å². The Bertz CT molecular complexity index is 649. The summed E-state index contributed by atoms with van der Waals surface area (Å²) in [6.45, 7) is 4.65. The minimum Gasteiger partial charge on any atom is -0.389 e. The van der Waals surface area contributed by atoms with E-state index in [1.54, 1.807) is 0 Å². The quantitative estimate of drug-likeness (QED) is 0.889. The van der Waals surface area contributed by atoms with E-state index in [1.165, 1.54) is 0 Å². The van der Waals surface area contributed by atoms with E-state index in [2.05, 4.69) is 15.6 Å². The average Bonchev–Trinajstić information content (AvgIpc) is 2.85. The maximum atomic E-state index is 10.2. The summed E-state index contributed by atoms with van der Waals surface area (Å²) >= 11 is 5.92. The maximum Gasteiger partial charge on any atom is 0.103 e. The van der Waals surface area contributed by atoms with Gasteiger partial charge >= 0.3 is 0 Å². The van der Waals surface area contributed by atoms with Crippen molar-refractivity contribution in [2.45, 2.75) is 44.8 Å². The third-order valence-corrected chi connectivity index (χ3v) is 4.69. The smallest absolute Gasteiger partial charge is 0.103 e. The summed E-state index contributed by atoms with van der Waals surface area (Å²) in [5, 5.41) is 22.8.